The van der Waals surface area contributed by atoms with E-state index in [0.29, 0.717) is 22.8 Å². The molecule has 1 amide bonds. The van der Waals surface area contributed by atoms with E-state index in [1.807, 2.05) is 25.1 Å². The maximum atomic E-state index is 12.2. The molecule has 2 heterocycles. The summed E-state index contributed by atoms with van der Waals surface area (Å²) in [6.07, 6.45) is 0.681. The first-order chi connectivity index (χ1) is 11.5. The van der Waals surface area contributed by atoms with Crippen LogP contribution in [0.5, 0.6) is 0 Å². The number of thiophene rings is 1. The lowest BCUT2D eigenvalue weighted by atomic mass is 10.1. The summed E-state index contributed by atoms with van der Waals surface area (Å²) in [5, 5.41) is 2.86. The maximum Gasteiger partial charge on any atom is 0.265 e. The van der Waals surface area contributed by atoms with Crippen molar-refractivity contribution in [3.8, 4) is 11.4 Å². The van der Waals surface area contributed by atoms with E-state index in [2.05, 4.69) is 31.2 Å². The van der Waals surface area contributed by atoms with Gasteiger partial charge in [0.05, 0.1) is 8.66 Å². The molecule has 3 rings (SSSR count). The Morgan fingerprint density at radius 3 is 2.83 bits per heavy atom. The van der Waals surface area contributed by atoms with Gasteiger partial charge in [0.1, 0.15) is 5.82 Å². The van der Waals surface area contributed by atoms with Crippen molar-refractivity contribution >= 4 is 38.9 Å². The van der Waals surface area contributed by atoms with Crippen LogP contribution in [0.3, 0.4) is 0 Å². The molecule has 0 bridgehead atoms. The quantitative estimate of drug-likeness (QED) is 0.688. The molecule has 1 aromatic carbocycles. The van der Waals surface area contributed by atoms with E-state index in [1.54, 1.807) is 18.2 Å². The molecule has 122 valence electrons. The van der Waals surface area contributed by atoms with Gasteiger partial charge in [-0.15, -0.1) is 11.3 Å². The number of anilines is 1. The summed E-state index contributed by atoms with van der Waals surface area (Å²) in [5.74, 6) is 0.320. The van der Waals surface area contributed by atoms with Crippen LogP contribution in [0.25, 0.3) is 11.4 Å². The SMILES string of the molecule is CCc1cc(=O)[nH]c(-c2cccc(NC(=O)c3ccc(Br)s3)c2)n1. The van der Waals surface area contributed by atoms with Crippen molar-refractivity contribution in [1.29, 1.82) is 0 Å². The second kappa shape index (κ2) is 7.11. The van der Waals surface area contributed by atoms with Gasteiger partial charge in [0.2, 0.25) is 0 Å². The minimum absolute atomic E-state index is 0.174. The highest BCUT2D eigenvalue weighted by Gasteiger charge is 2.10. The summed E-state index contributed by atoms with van der Waals surface area (Å²) < 4.78 is 0.902. The lowest BCUT2D eigenvalue weighted by Crippen LogP contribution is -2.11. The van der Waals surface area contributed by atoms with Gasteiger partial charge < -0.3 is 10.3 Å². The third kappa shape index (κ3) is 3.80. The smallest absolute Gasteiger partial charge is 0.265 e. The monoisotopic (exact) mass is 403 g/mol. The number of aryl methyl sites for hydroxylation is 1. The molecule has 0 unspecified atom stereocenters. The third-order valence-corrected chi connectivity index (χ3v) is 4.97. The van der Waals surface area contributed by atoms with Crippen molar-refractivity contribution in [3.05, 3.63) is 67.2 Å². The summed E-state index contributed by atoms with van der Waals surface area (Å²) in [7, 11) is 0. The van der Waals surface area contributed by atoms with E-state index < -0.39 is 0 Å². The molecule has 5 nitrogen and oxygen atoms in total. The Labute approximate surface area is 150 Å². The van der Waals surface area contributed by atoms with Gasteiger partial charge in [0.25, 0.3) is 11.5 Å². The zero-order valence-corrected chi connectivity index (χ0v) is 15.2. The predicted octanol–water partition coefficient (Wildman–Crippen LogP) is 4.08. The first kappa shape index (κ1) is 16.6. The van der Waals surface area contributed by atoms with Crippen molar-refractivity contribution < 1.29 is 4.79 Å². The average Bonchev–Trinajstić information content (AvgIpc) is 3.01. The molecule has 0 aliphatic carbocycles. The van der Waals surface area contributed by atoms with Crippen molar-refractivity contribution in [2.75, 3.05) is 5.32 Å². The summed E-state index contributed by atoms with van der Waals surface area (Å²) in [4.78, 5) is 31.7. The second-order valence-corrected chi connectivity index (χ2v) is 7.54. The maximum absolute atomic E-state index is 12.2. The summed E-state index contributed by atoms with van der Waals surface area (Å²) in [5.41, 5.74) is 1.93. The number of hydrogen-bond acceptors (Lipinski definition) is 4. The van der Waals surface area contributed by atoms with Crippen molar-refractivity contribution in [3.63, 3.8) is 0 Å². The molecule has 2 aromatic heterocycles. The number of carbonyl (C=O) groups is 1. The Morgan fingerprint density at radius 1 is 1.29 bits per heavy atom. The van der Waals surface area contributed by atoms with Crippen LogP contribution in [-0.4, -0.2) is 15.9 Å². The Hall–Kier alpha value is -2.25. The van der Waals surface area contributed by atoms with Gasteiger partial charge in [-0.25, -0.2) is 4.98 Å². The predicted molar refractivity (Wildman–Crippen MR) is 99.6 cm³/mol. The Balaban J connectivity index is 1.88. The van der Waals surface area contributed by atoms with Crippen LogP contribution >= 0.6 is 27.3 Å². The summed E-state index contributed by atoms with van der Waals surface area (Å²) in [6.45, 7) is 1.95. The van der Waals surface area contributed by atoms with Crippen LogP contribution in [-0.2, 0) is 6.42 Å². The third-order valence-electron chi connectivity index (χ3n) is 3.35. The number of aromatic nitrogens is 2. The average molecular weight is 404 g/mol. The van der Waals surface area contributed by atoms with E-state index in [1.165, 1.54) is 17.4 Å². The Bertz CT molecular complexity index is 949. The van der Waals surface area contributed by atoms with Crippen LogP contribution in [0.15, 0.2) is 51.0 Å². The van der Waals surface area contributed by atoms with E-state index >= 15 is 0 Å². The molecule has 7 heteroatoms. The number of benzene rings is 1. The van der Waals surface area contributed by atoms with E-state index in [9.17, 15) is 9.59 Å². The van der Waals surface area contributed by atoms with Crippen LogP contribution in [0, 0.1) is 0 Å². The van der Waals surface area contributed by atoms with E-state index in [4.69, 9.17) is 0 Å². The first-order valence-electron chi connectivity index (χ1n) is 7.32. The molecular formula is C17H14BrN3O2S. The van der Waals surface area contributed by atoms with E-state index in [-0.39, 0.29) is 11.5 Å². The minimum Gasteiger partial charge on any atom is -0.321 e. The fourth-order valence-corrected chi connectivity index (χ4v) is 3.48. The van der Waals surface area contributed by atoms with Gasteiger partial charge >= 0.3 is 0 Å². The highest BCUT2D eigenvalue weighted by atomic mass is 79.9. The molecule has 24 heavy (non-hydrogen) atoms. The van der Waals surface area contributed by atoms with Gasteiger partial charge in [0, 0.05) is 23.0 Å². The number of hydrogen-bond donors (Lipinski definition) is 2. The molecule has 0 spiro atoms. The van der Waals surface area contributed by atoms with Crippen molar-refractivity contribution in [1.82, 2.24) is 9.97 Å². The molecule has 3 aromatic rings. The number of rotatable bonds is 4. The molecule has 0 saturated carbocycles. The molecule has 0 aliphatic rings. The van der Waals surface area contributed by atoms with Crippen LogP contribution in [0.1, 0.15) is 22.3 Å². The highest BCUT2D eigenvalue weighted by Crippen LogP contribution is 2.24. The summed E-state index contributed by atoms with van der Waals surface area (Å²) in [6, 6.07) is 12.3. The summed E-state index contributed by atoms with van der Waals surface area (Å²) >= 11 is 4.71. The number of aromatic amines is 1. The fourth-order valence-electron chi connectivity index (χ4n) is 2.20. The molecule has 0 saturated heterocycles. The lowest BCUT2D eigenvalue weighted by molar-refractivity contribution is 0.103. The highest BCUT2D eigenvalue weighted by molar-refractivity contribution is 9.11. The Kier molecular flexibility index (Phi) is 4.92. The number of nitrogens with one attached hydrogen (secondary N) is 2. The molecule has 0 atom stereocenters. The molecular weight excluding hydrogens is 390 g/mol. The molecule has 0 aliphatic heterocycles. The van der Waals surface area contributed by atoms with Gasteiger partial charge in [-0.3, -0.25) is 9.59 Å². The van der Waals surface area contributed by atoms with E-state index in [0.717, 1.165) is 15.0 Å². The second-order valence-electron chi connectivity index (χ2n) is 5.08. The number of amides is 1. The largest absolute Gasteiger partial charge is 0.321 e. The fraction of sp³-hybridized carbons (Fsp3) is 0.118. The zero-order chi connectivity index (χ0) is 17.1. The number of nitrogens with zero attached hydrogens (tertiary/aromatic N) is 1. The number of halogens is 1. The van der Waals surface area contributed by atoms with Crippen molar-refractivity contribution in [2.24, 2.45) is 0 Å². The van der Waals surface area contributed by atoms with Gasteiger partial charge in [0.15, 0.2) is 0 Å². The van der Waals surface area contributed by atoms with Crippen LogP contribution < -0.4 is 10.9 Å². The van der Waals surface area contributed by atoms with Gasteiger partial charge in [-0.05, 0) is 46.6 Å². The molecule has 0 radical (unpaired) electrons. The van der Waals surface area contributed by atoms with Crippen LogP contribution in [0.4, 0.5) is 5.69 Å². The molecule has 2 N–H and O–H groups in total. The number of carbonyl (C=O) groups excluding carboxylic acids is 1. The Morgan fingerprint density at radius 2 is 2.12 bits per heavy atom. The van der Waals surface area contributed by atoms with Crippen molar-refractivity contribution in [2.45, 2.75) is 13.3 Å². The minimum atomic E-state index is -0.185. The van der Waals surface area contributed by atoms with Crippen LogP contribution in [0.2, 0.25) is 0 Å². The molecule has 0 fully saturated rings. The van der Waals surface area contributed by atoms with Gasteiger partial charge in [-0.1, -0.05) is 19.1 Å². The first-order valence-corrected chi connectivity index (χ1v) is 8.93. The normalized spacial score (nSPS) is 10.6. The van der Waals surface area contributed by atoms with Gasteiger partial charge in [-0.2, -0.15) is 0 Å². The zero-order valence-electron chi connectivity index (χ0n) is 12.8. The number of H-pyrrole nitrogens is 1. The lowest BCUT2D eigenvalue weighted by Gasteiger charge is -2.07. The standard InChI is InChI=1S/C17H14BrN3O2S/c1-2-11-9-15(22)21-16(19-11)10-4-3-5-12(8-10)20-17(23)13-6-7-14(18)24-13/h3-9H,2H2,1H3,(H,20,23)(H,19,21,22). The topological polar surface area (TPSA) is 74.8 Å².